The molecule has 0 spiro atoms. The molecule has 1 N–H and O–H groups in total. The molecule has 0 unspecified atom stereocenters. The van der Waals surface area contributed by atoms with Crippen LogP contribution >= 0.6 is 11.6 Å². The summed E-state index contributed by atoms with van der Waals surface area (Å²) in [5, 5.41) is 7.85. The molecule has 2 aromatic carbocycles. The van der Waals surface area contributed by atoms with Crippen molar-refractivity contribution in [3.05, 3.63) is 87.1 Å². The Balaban J connectivity index is 1.71. The van der Waals surface area contributed by atoms with Gasteiger partial charge in [0.15, 0.2) is 11.2 Å². The number of aromatic nitrogens is 4. The first kappa shape index (κ1) is 19.8. The van der Waals surface area contributed by atoms with E-state index in [1.165, 1.54) is 21.1 Å². The summed E-state index contributed by atoms with van der Waals surface area (Å²) in [5.74, 6) is -0.395. The first-order valence-corrected chi connectivity index (χ1v) is 9.92. The minimum Gasteiger partial charge on any atom is -0.346 e. The molecule has 152 valence electrons. The Morgan fingerprint density at radius 1 is 1.07 bits per heavy atom. The molecule has 4 rings (SSSR count). The predicted molar refractivity (Wildman–Crippen MR) is 116 cm³/mol. The highest BCUT2D eigenvalue weighted by molar-refractivity contribution is 6.30. The molecule has 4 aromatic rings. The van der Waals surface area contributed by atoms with Crippen LogP contribution in [0.3, 0.4) is 0 Å². The highest BCUT2D eigenvalue weighted by atomic mass is 35.5. The molecule has 2 aromatic heterocycles. The average molecular weight is 422 g/mol. The lowest BCUT2D eigenvalue weighted by atomic mass is 10.1. The normalized spacial score (nSPS) is 11.0. The zero-order valence-electron chi connectivity index (χ0n) is 16.6. The number of hydrogen-bond donors (Lipinski definition) is 1. The largest absolute Gasteiger partial charge is 0.346 e. The fourth-order valence-corrected chi connectivity index (χ4v) is 3.29. The first-order valence-electron chi connectivity index (χ1n) is 9.54. The van der Waals surface area contributed by atoms with Gasteiger partial charge in [0.1, 0.15) is 5.52 Å². The Morgan fingerprint density at radius 3 is 2.40 bits per heavy atom. The number of hydrogen-bond acceptors (Lipinski definition) is 4. The molecule has 0 atom stereocenters. The van der Waals surface area contributed by atoms with Crippen LogP contribution in [0.2, 0.25) is 5.02 Å². The van der Waals surface area contributed by atoms with Gasteiger partial charge in [-0.15, -0.1) is 0 Å². The van der Waals surface area contributed by atoms with Gasteiger partial charge >= 0.3 is 0 Å². The molecule has 0 bridgehead atoms. The van der Waals surface area contributed by atoms with E-state index in [0.29, 0.717) is 17.3 Å². The number of benzene rings is 2. The van der Waals surface area contributed by atoms with Crippen molar-refractivity contribution >= 4 is 28.5 Å². The first-order chi connectivity index (χ1) is 14.5. The number of halogens is 1. The maximum Gasteiger partial charge on any atom is 0.279 e. The summed E-state index contributed by atoms with van der Waals surface area (Å²) in [6.07, 6.45) is 2.35. The van der Waals surface area contributed by atoms with Gasteiger partial charge in [-0.1, -0.05) is 42.8 Å². The molecule has 0 saturated carbocycles. The van der Waals surface area contributed by atoms with Crippen LogP contribution in [-0.4, -0.2) is 25.2 Å². The van der Waals surface area contributed by atoms with E-state index in [9.17, 15) is 9.59 Å². The van der Waals surface area contributed by atoms with Gasteiger partial charge in [0.2, 0.25) is 0 Å². The quantitative estimate of drug-likeness (QED) is 0.536. The van der Waals surface area contributed by atoms with Gasteiger partial charge in [-0.3, -0.25) is 9.59 Å². The summed E-state index contributed by atoms with van der Waals surface area (Å²) >= 11 is 5.98. The van der Waals surface area contributed by atoms with Crippen molar-refractivity contribution < 1.29 is 4.79 Å². The van der Waals surface area contributed by atoms with Crippen molar-refractivity contribution in [2.45, 2.75) is 19.9 Å². The van der Waals surface area contributed by atoms with E-state index < -0.39 is 5.91 Å². The van der Waals surface area contributed by atoms with E-state index in [0.717, 1.165) is 12.0 Å². The summed E-state index contributed by atoms with van der Waals surface area (Å²) in [6, 6.07) is 14.9. The van der Waals surface area contributed by atoms with Crippen LogP contribution in [0, 0.1) is 0 Å². The molecule has 0 aliphatic rings. The number of rotatable bonds is 5. The monoisotopic (exact) mass is 421 g/mol. The van der Waals surface area contributed by atoms with Crippen molar-refractivity contribution in [2.75, 3.05) is 0 Å². The molecule has 0 aliphatic heterocycles. The van der Waals surface area contributed by atoms with Crippen molar-refractivity contribution in [2.24, 2.45) is 7.05 Å². The number of amides is 1. The summed E-state index contributed by atoms with van der Waals surface area (Å²) in [5.41, 5.74) is 3.12. The second-order valence-corrected chi connectivity index (χ2v) is 7.38. The van der Waals surface area contributed by atoms with E-state index in [4.69, 9.17) is 11.6 Å². The van der Waals surface area contributed by atoms with Crippen molar-refractivity contribution in [1.82, 2.24) is 24.6 Å². The molecule has 8 heteroatoms. The van der Waals surface area contributed by atoms with Gasteiger partial charge in [0.05, 0.1) is 12.0 Å². The Bertz CT molecular complexity index is 1270. The standard InChI is InChI=1S/C22H20ClN5O2/c1-3-14-4-6-15(7-5-14)12-24-21(29)19-18-20(22(30)27(2)13-25-18)28(26-19)17-10-8-16(23)9-11-17/h4-11,13H,3,12H2,1-2H3,(H,24,29). The lowest BCUT2D eigenvalue weighted by Crippen LogP contribution is -2.24. The number of carbonyl (C=O) groups is 1. The van der Waals surface area contributed by atoms with Crippen LogP contribution in [-0.2, 0) is 20.0 Å². The fourth-order valence-electron chi connectivity index (χ4n) is 3.17. The SMILES string of the molecule is CCc1ccc(CNC(=O)c2nn(-c3ccc(Cl)cc3)c3c(=O)n(C)cnc23)cc1. The number of aryl methyl sites for hydroxylation is 2. The topological polar surface area (TPSA) is 81.8 Å². The molecule has 0 fully saturated rings. The van der Waals surface area contributed by atoms with Crippen LogP contribution < -0.4 is 10.9 Å². The zero-order chi connectivity index (χ0) is 21.3. The van der Waals surface area contributed by atoms with Crippen LogP contribution in [0.4, 0.5) is 0 Å². The second kappa shape index (κ2) is 8.12. The summed E-state index contributed by atoms with van der Waals surface area (Å²) < 4.78 is 2.79. The Kier molecular flexibility index (Phi) is 5.37. The van der Waals surface area contributed by atoms with Crippen LogP contribution in [0.1, 0.15) is 28.5 Å². The van der Waals surface area contributed by atoms with E-state index in [-0.39, 0.29) is 22.3 Å². The van der Waals surface area contributed by atoms with E-state index >= 15 is 0 Å². The molecule has 0 saturated heterocycles. The average Bonchev–Trinajstić information content (AvgIpc) is 3.16. The van der Waals surface area contributed by atoms with Gasteiger partial charge < -0.3 is 9.88 Å². The number of carbonyl (C=O) groups excluding carboxylic acids is 1. The molecule has 2 heterocycles. The lowest BCUT2D eigenvalue weighted by molar-refractivity contribution is 0.0947. The maximum absolute atomic E-state index is 12.9. The summed E-state index contributed by atoms with van der Waals surface area (Å²) in [6.45, 7) is 2.44. The minimum atomic E-state index is -0.395. The highest BCUT2D eigenvalue weighted by Crippen LogP contribution is 2.19. The summed E-state index contributed by atoms with van der Waals surface area (Å²) in [7, 11) is 1.60. The lowest BCUT2D eigenvalue weighted by Gasteiger charge is -2.05. The van der Waals surface area contributed by atoms with Crippen LogP contribution in [0.25, 0.3) is 16.7 Å². The molecule has 0 radical (unpaired) electrons. The molecular formula is C22H20ClN5O2. The van der Waals surface area contributed by atoms with Gasteiger partial charge in [0, 0.05) is 18.6 Å². The second-order valence-electron chi connectivity index (χ2n) is 6.95. The molecule has 30 heavy (non-hydrogen) atoms. The Hall–Kier alpha value is -3.45. The Morgan fingerprint density at radius 2 is 1.73 bits per heavy atom. The molecular weight excluding hydrogens is 402 g/mol. The van der Waals surface area contributed by atoms with Crippen molar-refractivity contribution in [1.29, 1.82) is 0 Å². The van der Waals surface area contributed by atoms with Gasteiger partial charge in [-0.25, -0.2) is 9.67 Å². The smallest absolute Gasteiger partial charge is 0.279 e. The maximum atomic E-state index is 12.9. The molecule has 0 aliphatic carbocycles. The highest BCUT2D eigenvalue weighted by Gasteiger charge is 2.22. The van der Waals surface area contributed by atoms with Crippen molar-refractivity contribution in [3.63, 3.8) is 0 Å². The van der Waals surface area contributed by atoms with E-state index in [1.54, 1.807) is 31.3 Å². The van der Waals surface area contributed by atoms with Gasteiger partial charge in [0.25, 0.3) is 11.5 Å². The molecule has 7 nitrogen and oxygen atoms in total. The fraction of sp³-hybridized carbons (Fsp3) is 0.182. The third-order valence-electron chi connectivity index (χ3n) is 4.91. The van der Waals surface area contributed by atoms with Gasteiger partial charge in [-0.2, -0.15) is 5.10 Å². The van der Waals surface area contributed by atoms with Crippen molar-refractivity contribution in [3.8, 4) is 5.69 Å². The van der Waals surface area contributed by atoms with Crippen LogP contribution in [0.5, 0.6) is 0 Å². The van der Waals surface area contributed by atoms with E-state index in [1.807, 2.05) is 24.3 Å². The molecule has 1 amide bonds. The summed E-state index contributed by atoms with van der Waals surface area (Å²) in [4.78, 5) is 30.0. The van der Waals surface area contributed by atoms with Crippen LogP contribution in [0.15, 0.2) is 59.7 Å². The zero-order valence-corrected chi connectivity index (χ0v) is 17.3. The third kappa shape index (κ3) is 3.71. The van der Waals surface area contributed by atoms with Gasteiger partial charge in [-0.05, 0) is 41.8 Å². The minimum absolute atomic E-state index is 0.0998. The Labute approximate surface area is 177 Å². The third-order valence-corrected chi connectivity index (χ3v) is 5.17. The number of nitrogens with zero attached hydrogens (tertiary/aromatic N) is 4. The number of fused-ring (bicyclic) bond motifs is 1. The van der Waals surface area contributed by atoms with E-state index in [2.05, 4.69) is 22.3 Å². The number of nitrogens with one attached hydrogen (secondary N) is 1. The predicted octanol–water partition coefficient (Wildman–Crippen LogP) is 3.27.